The molecule has 1 aliphatic rings. The maximum atomic E-state index is 10.8. The molecule has 6 rings (SSSR count). The van der Waals surface area contributed by atoms with Crippen LogP contribution < -0.4 is 0 Å². The minimum absolute atomic E-state index is 0.0721. The molecule has 1 aromatic carbocycles. The van der Waals surface area contributed by atoms with E-state index in [4.69, 9.17) is 4.98 Å². The van der Waals surface area contributed by atoms with Crippen molar-refractivity contribution in [3.8, 4) is 11.4 Å². The fourth-order valence-corrected chi connectivity index (χ4v) is 5.38. The number of fused-ring (bicyclic) bond motifs is 2. The number of hydrogen-bond donors (Lipinski definition) is 4. The van der Waals surface area contributed by atoms with Gasteiger partial charge >= 0.3 is 0 Å². The van der Waals surface area contributed by atoms with Crippen LogP contribution in [-0.4, -0.2) is 61.7 Å². The van der Waals surface area contributed by atoms with E-state index in [2.05, 4.69) is 15.1 Å². The normalized spacial score (nSPS) is 17.5. The Hall–Kier alpha value is -3.58. The summed E-state index contributed by atoms with van der Waals surface area (Å²) in [5.41, 5.74) is 4.49. The van der Waals surface area contributed by atoms with Crippen LogP contribution in [0, 0.1) is 6.92 Å². The summed E-state index contributed by atoms with van der Waals surface area (Å²) in [6, 6.07) is 14.4. The number of rotatable bonds is 4. The van der Waals surface area contributed by atoms with E-state index >= 15 is 0 Å². The van der Waals surface area contributed by atoms with Crippen LogP contribution >= 0.6 is 11.3 Å². The highest BCUT2D eigenvalue weighted by Crippen LogP contribution is 2.41. The summed E-state index contributed by atoms with van der Waals surface area (Å²) in [5, 5.41) is 47.7. The molecule has 0 aliphatic carbocycles. The highest BCUT2D eigenvalue weighted by atomic mass is 32.1. The number of aryl methyl sites for hydroxylation is 1. The number of benzene rings is 1. The minimum Gasteiger partial charge on any atom is -0.353 e. The van der Waals surface area contributed by atoms with Crippen LogP contribution in [0.15, 0.2) is 67.0 Å². The molecule has 0 amide bonds. The third kappa shape index (κ3) is 4.07. The van der Waals surface area contributed by atoms with Crippen molar-refractivity contribution in [2.24, 2.45) is 0 Å². The summed E-state index contributed by atoms with van der Waals surface area (Å²) < 4.78 is 1.69. The lowest BCUT2D eigenvalue weighted by atomic mass is 9.99. The largest absolute Gasteiger partial charge is 0.353 e. The Morgan fingerprint density at radius 1 is 1.00 bits per heavy atom. The number of hydrogen-bond acceptors (Lipinski definition) is 10. The minimum atomic E-state index is -2.59. The van der Waals surface area contributed by atoms with Crippen LogP contribution in [0.1, 0.15) is 22.6 Å². The lowest BCUT2D eigenvalue weighted by Gasteiger charge is -2.45. The average Bonchev–Trinajstić information content (AvgIpc) is 3.43. The first-order valence-electron chi connectivity index (χ1n) is 11.2. The van der Waals surface area contributed by atoms with Crippen LogP contribution in [0.3, 0.4) is 0 Å². The zero-order valence-corrected chi connectivity index (χ0v) is 20.0. The van der Waals surface area contributed by atoms with Gasteiger partial charge in [-0.15, -0.1) is 11.3 Å². The molecule has 5 heterocycles. The molecular weight excluding hydrogens is 480 g/mol. The summed E-state index contributed by atoms with van der Waals surface area (Å²) >= 11 is 1.28. The third-order valence-corrected chi connectivity index (χ3v) is 7.16. The van der Waals surface area contributed by atoms with Gasteiger partial charge in [-0.2, -0.15) is 10.00 Å². The second kappa shape index (κ2) is 8.23. The molecular formula is C25H22N6O4S. The molecule has 0 saturated heterocycles. The number of imidazole rings is 1. The molecule has 36 heavy (non-hydrogen) atoms. The van der Waals surface area contributed by atoms with Crippen LogP contribution in [0.2, 0.25) is 0 Å². The Balaban J connectivity index is 1.34. The Kier molecular flexibility index (Phi) is 5.23. The van der Waals surface area contributed by atoms with Gasteiger partial charge in [-0.25, -0.2) is 14.5 Å². The topological polar surface area (TPSA) is 140 Å². The highest BCUT2D eigenvalue weighted by Gasteiger charge is 2.48. The summed E-state index contributed by atoms with van der Waals surface area (Å²) in [4.78, 5) is 15.6. The van der Waals surface area contributed by atoms with Crippen molar-refractivity contribution in [2.45, 2.75) is 31.7 Å². The summed E-state index contributed by atoms with van der Waals surface area (Å²) in [5.74, 6) is -5.08. The highest BCUT2D eigenvalue weighted by molar-refractivity contribution is 7.19. The molecule has 0 radical (unpaired) electrons. The van der Waals surface area contributed by atoms with E-state index in [9.17, 15) is 20.4 Å². The van der Waals surface area contributed by atoms with E-state index in [0.717, 1.165) is 16.2 Å². The Bertz CT molecular complexity index is 1630. The number of aromatic nitrogens is 5. The average molecular weight is 503 g/mol. The summed E-state index contributed by atoms with van der Waals surface area (Å²) in [7, 11) is 0. The molecule has 0 fully saturated rings. The van der Waals surface area contributed by atoms with Crippen molar-refractivity contribution in [2.75, 3.05) is 0 Å². The van der Waals surface area contributed by atoms with Gasteiger partial charge in [-0.1, -0.05) is 30.3 Å². The van der Waals surface area contributed by atoms with Crippen LogP contribution in [0.25, 0.3) is 33.0 Å². The van der Waals surface area contributed by atoms with Gasteiger partial charge in [0.15, 0.2) is 5.65 Å². The zero-order valence-electron chi connectivity index (χ0n) is 19.1. The van der Waals surface area contributed by atoms with Gasteiger partial charge in [0.25, 0.3) is 5.91 Å². The Morgan fingerprint density at radius 2 is 1.81 bits per heavy atom. The van der Waals surface area contributed by atoms with Gasteiger partial charge in [-0.05, 0) is 42.3 Å². The maximum Gasteiger partial charge on any atom is 0.251 e. The lowest BCUT2D eigenvalue weighted by molar-refractivity contribution is -0.372. The molecule has 11 heteroatoms. The van der Waals surface area contributed by atoms with E-state index in [1.54, 1.807) is 41.0 Å². The predicted molar refractivity (Wildman–Crippen MR) is 133 cm³/mol. The van der Waals surface area contributed by atoms with Crippen molar-refractivity contribution in [1.82, 2.24) is 29.5 Å². The lowest BCUT2D eigenvalue weighted by Crippen LogP contribution is -2.62. The first-order valence-corrected chi connectivity index (χ1v) is 12.0. The molecule has 5 aromatic rings. The van der Waals surface area contributed by atoms with Gasteiger partial charge in [0.2, 0.25) is 5.91 Å². The fraction of sp³-hybridized carbons (Fsp3) is 0.200. The smallest absolute Gasteiger partial charge is 0.251 e. The van der Waals surface area contributed by atoms with Crippen molar-refractivity contribution in [3.05, 3.63) is 83.1 Å². The monoisotopic (exact) mass is 502 g/mol. The van der Waals surface area contributed by atoms with Gasteiger partial charge in [-0.3, -0.25) is 4.98 Å². The molecule has 182 valence electrons. The molecule has 0 atom stereocenters. The fourth-order valence-electron chi connectivity index (χ4n) is 4.38. The van der Waals surface area contributed by atoms with Crippen molar-refractivity contribution < 1.29 is 20.4 Å². The van der Waals surface area contributed by atoms with Crippen molar-refractivity contribution in [3.63, 3.8) is 0 Å². The Labute approximate surface area is 209 Å². The maximum absolute atomic E-state index is 10.8. The summed E-state index contributed by atoms with van der Waals surface area (Å²) in [6.07, 6.45) is 4.44. The van der Waals surface area contributed by atoms with Crippen molar-refractivity contribution in [1.29, 1.82) is 0 Å². The molecule has 0 saturated carbocycles. The van der Waals surface area contributed by atoms with Crippen molar-refractivity contribution >= 4 is 32.9 Å². The van der Waals surface area contributed by atoms with Gasteiger partial charge < -0.3 is 20.4 Å². The quantitative estimate of drug-likeness (QED) is 0.272. The van der Waals surface area contributed by atoms with E-state index in [1.807, 2.05) is 31.3 Å². The first kappa shape index (κ1) is 22.9. The third-order valence-electron chi connectivity index (χ3n) is 6.07. The molecule has 4 aromatic heterocycles. The van der Waals surface area contributed by atoms with Crippen LogP contribution in [-0.2, 0) is 6.54 Å². The number of thiophene rings is 1. The van der Waals surface area contributed by atoms with E-state index in [-0.39, 0.29) is 13.0 Å². The molecule has 0 spiro atoms. The van der Waals surface area contributed by atoms with Gasteiger partial charge in [0.1, 0.15) is 21.7 Å². The van der Waals surface area contributed by atoms with Crippen LogP contribution in [0.4, 0.5) is 0 Å². The predicted octanol–water partition coefficient (Wildman–Crippen LogP) is 2.28. The molecule has 1 aliphatic heterocycles. The summed E-state index contributed by atoms with van der Waals surface area (Å²) in [6.45, 7) is 1.83. The van der Waals surface area contributed by atoms with Gasteiger partial charge in [0, 0.05) is 17.8 Å². The molecule has 4 N–H and O–H groups in total. The first-order chi connectivity index (χ1) is 17.2. The molecule has 10 nitrogen and oxygen atoms in total. The van der Waals surface area contributed by atoms with Gasteiger partial charge in [0.05, 0.1) is 18.1 Å². The van der Waals surface area contributed by atoms with E-state index in [0.29, 0.717) is 37.7 Å². The Morgan fingerprint density at radius 3 is 2.58 bits per heavy atom. The van der Waals surface area contributed by atoms with E-state index < -0.39 is 11.8 Å². The van der Waals surface area contributed by atoms with E-state index in [1.165, 1.54) is 17.4 Å². The van der Waals surface area contributed by atoms with Crippen LogP contribution in [0.5, 0.6) is 0 Å². The number of nitrogens with zero attached hydrogens (tertiary/aromatic N) is 6. The SMILES string of the molecule is Cc1cn2nc(-c3cnc4cc(C5=CC(O)(O)N(Cc6ccccc6)C(O)(O)C5)sc4n3)ccc2n1. The number of aliphatic hydroxyl groups is 4. The molecule has 0 unspecified atom stereocenters. The standard InChI is InChI=1S/C25H22N6O4S/c1-15-13-30-22(27-15)8-7-18(29-30)20-12-26-19-9-21(36-23(19)28-20)17-10-24(32,33)31(25(34,35)11-17)14-16-5-3-2-4-6-16/h2-10,12-13,32-35H,11,14H2,1H3. The molecule has 0 bridgehead atoms. The zero-order chi connectivity index (χ0) is 25.1. The second-order valence-corrected chi connectivity index (χ2v) is 9.87. The second-order valence-electron chi connectivity index (χ2n) is 8.84.